The highest BCUT2D eigenvalue weighted by Gasteiger charge is 2.78. The monoisotopic (exact) mass is 835 g/mol. The molecule has 3 fully saturated rings. The van der Waals surface area contributed by atoms with Crippen LogP contribution in [0.5, 0.6) is 0 Å². The average molecular weight is 836 g/mol. The molecule has 6 rings (SSSR count). The van der Waals surface area contributed by atoms with E-state index in [0.29, 0.717) is 11.1 Å². The molecule has 0 aromatic heterocycles. The van der Waals surface area contributed by atoms with E-state index in [-0.39, 0.29) is 24.2 Å². The van der Waals surface area contributed by atoms with E-state index >= 15 is 4.79 Å². The predicted octanol–water partition coefficient (Wildman–Crippen LogP) is 4.57. The highest BCUT2D eigenvalue weighted by atomic mass is 16.6. The van der Waals surface area contributed by atoms with E-state index in [4.69, 9.17) is 33.2 Å². The van der Waals surface area contributed by atoms with Gasteiger partial charge < -0.3 is 48.7 Å². The first-order valence-electron chi connectivity index (χ1n) is 20.1. The highest BCUT2D eigenvalue weighted by Crippen LogP contribution is 2.64. The largest absolute Gasteiger partial charge is 0.456 e. The van der Waals surface area contributed by atoms with Crippen LogP contribution in [0.4, 0.5) is 4.79 Å². The first-order valence-corrected chi connectivity index (χ1v) is 20.1. The molecule has 2 bridgehead atoms. The summed E-state index contributed by atoms with van der Waals surface area (Å²) >= 11 is 0. The lowest BCUT2D eigenvalue weighted by molar-refractivity contribution is -0.347. The van der Waals surface area contributed by atoms with Crippen molar-refractivity contribution in [2.45, 2.75) is 128 Å². The van der Waals surface area contributed by atoms with E-state index in [1.165, 1.54) is 21.1 Å². The summed E-state index contributed by atoms with van der Waals surface area (Å²) in [5.41, 5.74) is -6.72. The fourth-order valence-electron chi connectivity index (χ4n) is 10.1. The number of aliphatic hydroxyl groups is 2. The SMILES string of the molecule is CO[C@@H]1C(=O)[C@]2(C)[C@H](OC)C[C@@H]3OC[C@]3(OC(C)=O)[C@@H]2[C@H](OC(=O)c2ccccc2)[C@@]2(O)C[C@H](OC(=O)[C@H](O)[C@H](NC(=O)OC(C)(C)C)c3ccccc3)C(C)=C1C2(C)C. The minimum absolute atomic E-state index is 0.121. The predicted molar refractivity (Wildman–Crippen MR) is 213 cm³/mol. The van der Waals surface area contributed by atoms with Crippen molar-refractivity contribution >= 4 is 29.8 Å². The van der Waals surface area contributed by atoms with Gasteiger partial charge in [0, 0.05) is 39.4 Å². The number of ketones is 1. The van der Waals surface area contributed by atoms with Crippen LogP contribution in [-0.2, 0) is 47.5 Å². The molecule has 326 valence electrons. The Bertz CT molecular complexity index is 2010. The van der Waals surface area contributed by atoms with E-state index in [1.807, 2.05) is 0 Å². The lowest BCUT2D eigenvalue weighted by Gasteiger charge is -2.67. The van der Waals surface area contributed by atoms with Crippen molar-refractivity contribution in [2.24, 2.45) is 16.7 Å². The number of amides is 1. The molecule has 1 heterocycles. The van der Waals surface area contributed by atoms with Crippen molar-refractivity contribution in [1.82, 2.24) is 5.32 Å². The number of fused-ring (bicyclic) bond motifs is 5. The summed E-state index contributed by atoms with van der Waals surface area (Å²) in [7, 11) is 2.78. The average Bonchev–Trinajstić information content (AvgIpc) is 3.18. The van der Waals surface area contributed by atoms with Crippen molar-refractivity contribution in [3.05, 3.63) is 82.9 Å². The number of benzene rings is 2. The maximum absolute atomic E-state index is 15.5. The molecular formula is C45H57NO14. The molecule has 15 nitrogen and oxygen atoms in total. The third kappa shape index (κ3) is 7.52. The quantitative estimate of drug-likeness (QED) is 0.171. The van der Waals surface area contributed by atoms with Gasteiger partial charge in [-0.2, -0.15) is 0 Å². The maximum atomic E-state index is 15.5. The Hall–Kier alpha value is -4.67. The summed E-state index contributed by atoms with van der Waals surface area (Å²) in [4.78, 5) is 70.1. The van der Waals surface area contributed by atoms with Crippen molar-refractivity contribution < 1.29 is 67.3 Å². The van der Waals surface area contributed by atoms with Gasteiger partial charge in [0.2, 0.25) is 0 Å². The molecular weight excluding hydrogens is 778 g/mol. The van der Waals surface area contributed by atoms with Crippen LogP contribution in [-0.4, -0.2) is 114 Å². The first kappa shape index (κ1) is 44.9. The minimum atomic E-state index is -2.22. The molecule has 2 saturated carbocycles. The fourth-order valence-corrected chi connectivity index (χ4v) is 10.1. The van der Waals surface area contributed by atoms with Gasteiger partial charge >= 0.3 is 24.0 Å². The lowest BCUT2D eigenvalue weighted by Crippen LogP contribution is -2.82. The van der Waals surface area contributed by atoms with Crippen LogP contribution >= 0.6 is 0 Å². The van der Waals surface area contributed by atoms with Gasteiger partial charge in [0.05, 0.1) is 35.6 Å². The standard InChI is InChI=1S/C45H57NO14/c1-24-28(57-39(51)33(48)32(26-17-13-11-14-18-26)46-40(52)60-41(3,4)5)22-45(53)37(58-38(50)27-19-15-12-16-20-27)35-43(8,36(49)34(55-10)31(24)42(45,6)7)29(54-9)21-30-44(35,23-56-30)59-25(2)47/h11-20,28-30,32-35,37,48,53H,21-23H2,1-10H3,(H,46,52)/t28-,29+,30-,32+,33+,34-,35+,37-,43+,44+,45-/m0/s1. The van der Waals surface area contributed by atoms with Gasteiger partial charge in [-0.05, 0) is 63.5 Å². The van der Waals surface area contributed by atoms with Crippen LogP contribution in [0.3, 0.4) is 0 Å². The summed E-state index contributed by atoms with van der Waals surface area (Å²) < 4.78 is 42.4. The number of hydrogen-bond acceptors (Lipinski definition) is 14. The van der Waals surface area contributed by atoms with Crippen LogP contribution in [0.1, 0.15) is 90.2 Å². The van der Waals surface area contributed by atoms with Crippen molar-refractivity contribution in [3.8, 4) is 0 Å². The van der Waals surface area contributed by atoms with Crippen LogP contribution in [0.15, 0.2) is 71.8 Å². The second-order valence-electron chi connectivity index (χ2n) is 18.0. The molecule has 15 heteroatoms. The van der Waals surface area contributed by atoms with Gasteiger partial charge in [0.1, 0.15) is 35.6 Å². The number of aliphatic hydroxyl groups excluding tert-OH is 1. The van der Waals surface area contributed by atoms with Gasteiger partial charge in [-0.15, -0.1) is 0 Å². The zero-order valence-electron chi connectivity index (χ0n) is 35.8. The second kappa shape index (κ2) is 16.3. The van der Waals surface area contributed by atoms with Crippen LogP contribution in [0.25, 0.3) is 0 Å². The Morgan fingerprint density at radius 3 is 2.08 bits per heavy atom. The topological polar surface area (TPSA) is 202 Å². The van der Waals surface area contributed by atoms with Gasteiger partial charge in [-0.1, -0.05) is 62.4 Å². The molecule has 3 N–H and O–H groups in total. The number of nitrogens with one attached hydrogen (secondary N) is 1. The number of carbonyl (C=O) groups excluding carboxylic acids is 5. The van der Waals surface area contributed by atoms with Crippen LogP contribution in [0, 0.1) is 16.7 Å². The number of alkyl carbamates (subject to hydrolysis) is 1. The zero-order valence-corrected chi connectivity index (χ0v) is 35.8. The van der Waals surface area contributed by atoms with Crippen molar-refractivity contribution in [3.63, 3.8) is 0 Å². The molecule has 0 spiro atoms. The molecule has 3 aliphatic carbocycles. The van der Waals surface area contributed by atoms with Crippen LogP contribution < -0.4 is 5.32 Å². The summed E-state index contributed by atoms with van der Waals surface area (Å²) in [5.74, 6) is -4.52. The van der Waals surface area contributed by atoms with Crippen molar-refractivity contribution in [1.29, 1.82) is 0 Å². The third-order valence-electron chi connectivity index (χ3n) is 13.0. The lowest BCUT2D eigenvalue weighted by atomic mass is 9.44. The fraction of sp³-hybridized carbons (Fsp3) is 0.578. The first-order chi connectivity index (χ1) is 28.1. The Kier molecular flexibility index (Phi) is 12.2. The van der Waals surface area contributed by atoms with Crippen molar-refractivity contribution in [2.75, 3.05) is 20.8 Å². The number of Topliss-reactive ketones (excluding diaryl/α,β-unsaturated/α-hetero) is 1. The molecule has 2 aromatic carbocycles. The molecule has 1 amide bonds. The molecule has 4 aliphatic rings. The molecule has 0 unspecified atom stereocenters. The number of carbonyl (C=O) groups is 5. The molecule has 1 saturated heterocycles. The number of methoxy groups -OCH3 is 2. The third-order valence-corrected chi connectivity index (χ3v) is 13.0. The Morgan fingerprint density at radius 2 is 1.55 bits per heavy atom. The maximum Gasteiger partial charge on any atom is 0.408 e. The smallest absolute Gasteiger partial charge is 0.408 e. The summed E-state index contributed by atoms with van der Waals surface area (Å²) in [6.45, 7) is 12.7. The number of ether oxygens (including phenoxy) is 7. The summed E-state index contributed by atoms with van der Waals surface area (Å²) in [6, 6.07) is 15.1. The summed E-state index contributed by atoms with van der Waals surface area (Å²) in [5, 5.41) is 28.0. The van der Waals surface area contributed by atoms with E-state index in [1.54, 1.807) is 109 Å². The Labute approximate surface area is 350 Å². The number of rotatable bonds is 10. The molecule has 1 aliphatic heterocycles. The van der Waals surface area contributed by atoms with Gasteiger partial charge in [-0.25, -0.2) is 14.4 Å². The summed E-state index contributed by atoms with van der Waals surface area (Å²) in [6.07, 6.45) is -9.31. The second-order valence-corrected chi connectivity index (χ2v) is 18.0. The van der Waals surface area contributed by atoms with Gasteiger partial charge in [0.15, 0.2) is 17.5 Å². The molecule has 11 atom stereocenters. The molecule has 60 heavy (non-hydrogen) atoms. The van der Waals surface area contributed by atoms with Gasteiger partial charge in [0.25, 0.3) is 0 Å². The van der Waals surface area contributed by atoms with E-state index in [0.717, 1.165) is 0 Å². The van der Waals surface area contributed by atoms with Crippen LogP contribution in [0.2, 0.25) is 0 Å². The normalized spacial score (nSPS) is 33.0. The Balaban J connectivity index is 1.52. The van der Waals surface area contributed by atoms with E-state index in [2.05, 4.69) is 5.32 Å². The van der Waals surface area contributed by atoms with E-state index < -0.39 is 112 Å². The highest BCUT2D eigenvalue weighted by molar-refractivity contribution is 5.94. The number of esters is 3. The molecule has 2 aromatic rings. The number of hydrogen-bond donors (Lipinski definition) is 3. The zero-order chi connectivity index (χ0) is 44.2. The van der Waals surface area contributed by atoms with Gasteiger partial charge in [-0.3, -0.25) is 9.59 Å². The molecule has 0 radical (unpaired) electrons. The van der Waals surface area contributed by atoms with E-state index in [9.17, 15) is 29.4 Å². The Morgan fingerprint density at radius 1 is 0.933 bits per heavy atom. The minimum Gasteiger partial charge on any atom is -0.456 e.